The molecule has 134 valence electrons. The molecule has 25 heavy (non-hydrogen) atoms. The molecule has 2 bridgehead atoms. The van der Waals surface area contributed by atoms with Crippen LogP contribution in [-0.4, -0.2) is 47.8 Å². The van der Waals surface area contributed by atoms with Gasteiger partial charge in [0.1, 0.15) is 5.75 Å². The Morgan fingerprint density at radius 2 is 2.24 bits per heavy atom. The molecule has 4 rings (SSSR count). The molecule has 1 amide bonds. The monoisotopic (exact) mass is 345 g/mol. The summed E-state index contributed by atoms with van der Waals surface area (Å²) in [5.74, 6) is -0.0977. The number of amides is 1. The number of carbonyl (C=O) groups is 1. The van der Waals surface area contributed by atoms with Crippen LogP contribution in [0.15, 0.2) is 18.2 Å². The van der Waals surface area contributed by atoms with E-state index in [9.17, 15) is 14.8 Å². The third kappa shape index (κ3) is 3.16. The minimum absolute atomic E-state index is 0.0142. The molecule has 1 aromatic rings. The number of para-hydroxylation sites is 1. The van der Waals surface area contributed by atoms with Crippen molar-refractivity contribution in [2.75, 3.05) is 6.61 Å². The van der Waals surface area contributed by atoms with Crippen molar-refractivity contribution in [1.29, 1.82) is 0 Å². The van der Waals surface area contributed by atoms with Crippen molar-refractivity contribution in [2.24, 2.45) is 5.92 Å². The molecule has 1 aromatic carbocycles. The lowest BCUT2D eigenvalue weighted by Crippen LogP contribution is -2.50. The topological polar surface area (TPSA) is 88.0 Å². The highest BCUT2D eigenvalue weighted by atomic mass is 16.5. The molecule has 0 spiro atoms. The van der Waals surface area contributed by atoms with Crippen LogP contribution in [0.4, 0.5) is 0 Å². The molecule has 3 N–H and O–H groups in total. The first-order chi connectivity index (χ1) is 12.0. The van der Waals surface area contributed by atoms with Crippen LogP contribution in [0, 0.1) is 12.8 Å². The molecule has 0 radical (unpaired) electrons. The van der Waals surface area contributed by atoms with Crippen molar-refractivity contribution >= 4 is 13.0 Å². The van der Waals surface area contributed by atoms with Crippen molar-refractivity contribution in [3.63, 3.8) is 0 Å². The second kappa shape index (κ2) is 6.63. The molecule has 3 heterocycles. The number of rotatable bonds is 5. The first kappa shape index (κ1) is 16.9. The molecular weight excluding hydrogens is 321 g/mol. The van der Waals surface area contributed by atoms with Gasteiger partial charge in [-0.3, -0.25) is 4.79 Å². The largest absolute Gasteiger partial charge is 0.492 e. The van der Waals surface area contributed by atoms with Crippen LogP contribution in [0.3, 0.4) is 0 Å². The van der Waals surface area contributed by atoms with E-state index in [1.807, 2.05) is 25.1 Å². The summed E-state index contributed by atoms with van der Waals surface area (Å²) < 4.78 is 11.5. The van der Waals surface area contributed by atoms with Gasteiger partial charge in [-0.2, -0.15) is 0 Å². The number of ether oxygens (including phenoxy) is 2. The molecule has 7 heteroatoms. The van der Waals surface area contributed by atoms with Crippen molar-refractivity contribution in [2.45, 2.75) is 56.7 Å². The standard InChI is InChI=1S/C18H24BNO5/c1-10-3-2-4-13-11(9-24-17(10)13)7-16(19(22)23)20-18(21)14-8-12-5-6-15(14)25-12/h2-4,11-12,14-16,22-23H,5-9H2,1H3,(H,20,21)/t11-,12-,14-,15+,16+/m1/s1. The Morgan fingerprint density at radius 3 is 2.92 bits per heavy atom. The minimum Gasteiger partial charge on any atom is -0.492 e. The van der Waals surface area contributed by atoms with E-state index >= 15 is 0 Å². The molecule has 0 aliphatic carbocycles. The summed E-state index contributed by atoms with van der Waals surface area (Å²) >= 11 is 0. The van der Waals surface area contributed by atoms with Crippen molar-refractivity contribution in [3.8, 4) is 5.75 Å². The molecule has 0 unspecified atom stereocenters. The van der Waals surface area contributed by atoms with Gasteiger partial charge >= 0.3 is 7.12 Å². The quantitative estimate of drug-likeness (QED) is 0.691. The fraction of sp³-hybridized carbons (Fsp3) is 0.611. The normalized spacial score (nSPS) is 30.7. The summed E-state index contributed by atoms with van der Waals surface area (Å²) in [5, 5.41) is 22.4. The summed E-state index contributed by atoms with van der Waals surface area (Å²) in [5.41, 5.74) is 2.15. The van der Waals surface area contributed by atoms with Gasteiger partial charge in [0, 0.05) is 11.5 Å². The van der Waals surface area contributed by atoms with Gasteiger partial charge in [-0.05, 0) is 38.2 Å². The molecule has 5 atom stereocenters. The third-order valence-corrected chi connectivity index (χ3v) is 5.78. The maximum Gasteiger partial charge on any atom is 0.475 e. The minimum atomic E-state index is -1.60. The summed E-state index contributed by atoms with van der Waals surface area (Å²) in [6.45, 7) is 2.49. The van der Waals surface area contributed by atoms with Gasteiger partial charge in [0.2, 0.25) is 5.91 Å². The van der Waals surface area contributed by atoms with E-state index < -0.39 is 13.1 Å². The molecule has 2 fully saturated rings. The Bertz CT molecular complexity index is 667. The van der Waals surface area contributed by atoms with Crippen molar-refractivity contribution in [3.05, 3.63) is 29.3 Å². The van der Waals surface area contributed by atoms with Crippen molar-refractivity contribution < 1.29 is 24.3 Å². The Labute approximate surface area is 147 Å². The maximum absolute atomic E-state index is 12.6. The highest BCUT2D eigenvalue weighted by molar-refractivity contribution is 6.43. The second-order valence-corrected chi connectivity index (χ2v) is 7.48. The second-order valence-electron chi connectivity index (χ2n) is 7.48. The van der Waals surface area contributed by atoms with E-state index in [-0.39, 0.29) is 30.0 Å². The lowest BCUT2D eigenvalue weighted by Gasteiger charge is -2.24. The van der Waals surface area contributed by atoms with Gasteiger partial charge in [0.25, 0.3) is 0 Å². The Hall–Kier alpha value is -1.57. The number of nitrogens with one attached hydrogen (secondary N) is 1. The van der Waals surface area contributed by atoms with E-state index in [1.54, 1.807) is 0 Å². The summed E-state index contributed by atoms with van der Waals surface area (Å²) in [6, 6.07) is 5.98. The molecule has 2 saturated heterocycles. The van der Waals surface area contributed by atoms with Crippen LogP contribution in [-0.2, 0) is 9.53 Å². The highest BCUT2D eigenvalue weighted by Gasteiger charge is 2.45. The molecule has 3 aliphatic rings. The van der Waals surface area contributed by atoms with Crippen LogP contribution in [0.1, 0.15) is 42.7 Å². The molecule has 0 aromatic heterocycles. The van der Waals surface area contributed by atoms with Crippen LogP contribution in [0.2, 0.25) is 0 Å². The summed E-state index contributed by atoms with van der Waals surface area (Å²) in [6.07, 6.45) is 3.28. The van der Waals surface area contributed by atoms with Crippen LogP contribution in [0.5, 0.6) is 5.75 Å². The fourth-order valence-corrected chi connectivity index (χ4v) is 4.43. The summed E-state index contributed by atoms with van der Waals surface area (Å²) in [7, 11) is -1.60. The first-order valence-corrected chi connectivity index (χ1v) is 9.07. The van der Waals surface area contributed by atoms with Crippen LogP contribution < -0.4 is 10.1 Å². The van der Waals surface area contributed by atoms with E-state index in [0.717, 1.165) is 36.1 Å². The van der Waals surface area contributed by atoms with Gasteiger partial charge in [0.15, 0.2) is 0 Å². The van der Waals surface area contributed by atoms with E-state index in [0.29, 0.717) is 13.0 Å². The molecule has 6 nitrogen and oxygen atoms in total. The van der Waals surface area contributed by atoms with E-state index in [1.165, 1.54) is 0 Å². The zero-order valence-corrected chi connectivity index (χ0v) is 14.4. The number of hydrogen-bond acceptors (Lipinski definition) is 5. The van der Waals surface area contributed by atoms with Gasteiger partial charge in [-0.15, -0.1) is 0 Å². The maximum atomic E-state index is 12.6. The Balaban J connectivity index is 1.43. The Kier molecular flexibility index (Phi) is 4.48. The average molecular weight is 345 g/mol. The Morgan fingerprint density at radius 1 is 1.40 bits per heavy atom. The van der Waals surface area contributed by atoms with Crippen molar-refractivity contribution in [1.82, 2.24) is 5.32 Å². The van der Waals surface area contributed by atoms with E-state index in [2.05, 4.69) is 5.32 Å². The number of carbonyl (C=O) groups excluding carboxylic acids is 1. The first-order valence-electron chi connectivity index (χ1n) is 9.07. The zero-order chi connectivity index (χ0) is 17.6. The van der Waals surface area contributed by atoms with Crippen LogP contribution >= 0.6 is 0 Å². The summed E-state index contributed by atoms with van der Waals surface area (Å²) in [4.78, 5) is 12.6. The van der Waals surface area contributed by atoms with E-state index in [4.69, 9.17) is 9.47 Å². The predicted octanol–water partition coefficient (Wildman–Crippen LogP) is 0.925. The number of benzene rings is 1. The number of aryl methyl sites for hydroxylation is 1. The van der Waals surface area contributed by atoms with Gasteiger partial charge in [-0.1, -0.05) is 18.2 Å². The highest BCUT2D eigenvalue weighted by Crippen LogP contribution is 2.40. The lowest BCUT2D eigenvalue weighted by atomic mass is 9.73. The lowest BCUT2D eigenvalue weighted by molar-refractivity contribution is -0.127. The molecule has 0 saturated carbocycles. The molecule has 3 aliphatic heterocycles. The SMILES string of the molecule is Cc1cccc2c1OC[C@H]2C[C@H](NC(=O)[C@@H]1C[C@H]2CC[C@@H]1O2)B(O)O. The zero-order valence-electron chi connectivity index (χ0n) is 14.4. The van der Waals surface area contributed by atoms with Crippen LogP contribution in [0.25, 0.3) is 0 Å². The third-order valence-electron chi connectivity index (χ3n) is 5.78. The number of fused-ring (bicyclic) bond motifs is 3. The predicted molar refractivity (Wildman–Crippen MR) is 92.2 cm³/mol. The van der Waals surface area contributed by atoms with Gasteiger partial charge < -0.3 is 24.8 Å². The fourth-order valence-electron chi connectivity index (χ4n) is 4.43. The van der Waals surface area contributed by atoms with Gasteiger partial charge in [0.05, 0.1) is 30.7 Å². The molecular formula is C18H24BNO5. The number of hydrogen-bond donors (Lipinski definition) is 3. The van der Waals surface area contributed by atoms with Gasteiger partial charge in [-0.25, -0.2) is 0 Å². The average Bonchev–Trinajstić information content (AvgIpc) is 3.30. The smallest absolute Gasteiger partial charge is 0.475 e.